The van der Waals surface area contributed by atoms with Crippen LogP contribution in [0.2, 0.25) is 0 Å². The first kappa shape index (κ1) is 20.6. The molecule has 3 atom stereocenters. The maximum Gasteiger partial charge on any atom is 0.298 e. The van der Waals surface area contributed by atoms with E-state index < -0.39 is 0 Å². The van der Waals surface area contributed by atoms with E-state index in [1.54, 1.807) is 12.1 Å². The molecule has 0 bridgehead atoms. The van der Waals surface area contributed by atoms with E-state index in [1.807, 2.05) is 42.5 Å². The zero-order chi connectivity index (χ0) is 21.1. The molecule has 6 heteroatoms. The lowest BCUT2D eigenvalue weighted by Gasteiger charge is -2.33. The molecule has 2 aliphatic rings. The third-order valence-corrected chi connectivity index (χ3v) is 5.79. The molecule has 1 N–H and O–H groups in total. The Morgan fingerprint density at radius 2 is 1.77 bits per heavy atom. The van der Waals surface area contributed by atoms with E-state index in [0.29, 0.717) is 13.0 Å². The summed E-state index contributed by atoms with van der Waals surface area (Å²) in [6.45, 7) is 6.25. The monoisotopic (exact) mass is 408 g/mol. The van der Waals surface area contributed by atoms with Crippen molar-refractivity contribution < 1.29 is 19.2 Å². The first-order valence-electron chi connectivity index (χ1n) is 10.6. The number of methoxy groups -OCH3 is 1. The van der Waals surface area contributed by atoms with Crippen LogP contribution in [0, 0.1) is 0 Å². The van der Waals surface area contributed by atoms with Gasteiger partial charge in [0, 0.05) is 6.42 Å². The highest BCUT2D eigenvalue weighted by Crippen LogP contribution is 2.33. The summed E-state index contributed by atoms with van der Waals surface area (Å²) >= 11 is 0. The van der Waals surface area contributed by atoms with Gasteiger partial charge in [0.15, 0.2) is 6.54 Å². The maximum atomic E-state index is 13.3. The Kier molecular flexibility index (Phi) is 6.16. The van der Waals surface area contributed by atoms with Crippen molar-refractivity contribution in [2.45, 2.75) is 38.5 Å². The van der Waals surface area contributed by atoms with Crippen LogP contribution in [-0.2, 0) is 9.53 Å². The lowest BCUT2D eigenvalue weighted by Crippen LogP contribution is -3.16. The van der Waals surface area contributed by atoms with Crippen LogP contribution in [0.15, 0.2) is 59.7 Å². The molecule has 0 unspecified atom stereocenters. The molecule has 30 heavy (non-hydrogen) atoms. The number of nitrogens with zero attached hydrogens (tertiary/aromatic N) is 2. The third kappa shape index (κ3) is 4.55. The van der Waals surface area contributed by atoms with Crippen molar-refractivity contribution in [2.24, 2.45) is 5.10 Å². The molecule has 2 aliphatic heterocycles. The molecule has 0 radical (unpaired) electrons. The molecule has 0 aromatic heterocycles. The molecule has 4 rings (SSSR count). The zero-order valence-electron chi connectivity index (χ0n) is 17.9. The molecule has 158 valence electrons. The molecule has 2 aromatic carbocycles. The number of rotatable bonds is 5. The number of carbonyl (C=O) groups excluding carboxylic acids is 1. The fourth-order valence-corrected chi connectivity index (χ4v) is 4.46. The van der Waals surface area contributed by atoms with Gasteiger partial charge in [0.2, 0.25) is 0 Å². The minimum Gasteiger partial charge on any atom is -0.497 e. The van der Waals surface area contributed by atoms with Gasteiger partial charge in [0.1, 0.15) is 31.0 Å². The van der Waals surface area contributed by atoms with E-state index in [0.717, 1.165) is 35.7 Å². The van der Waals surface area contributed by atoms with Gasteiger partial charge in [-0.1, -0.05) is 42.5 Å². The molecular formula is C24H30N3O3+. The largest absolute Gasteiger partial charge is 0.497 e. The van der Waals surface area contributed by atoms with Gasteiger partial charge in [0.05, 0.1) is 18.9 Å². The Morgan fingerprint density at radius 3 is 2.40 bits per heavy atom. The van der Waals surface area contributed by atoms with Crippen molar-refractivity contribution in [3.63, 3.8) is 0 Å². The lowest BCUT2D eigenvalue weighted by molar-refractivity contribution is -0.907. The highest BCUT2D eigenvalue weighted by atomic mass is 16.5. The van der Waals surface area contributed by atoms with Crippen molar-refractivity contribution in [1.29, 1.82) is 0 Å². The maximum absolute atomic E-state index is 13.3. The normalized spacial score (nSPS) is 26.4. The summed E-state index contributed by atoms with van der Waals surface area (Å²) in [5.74, 6) is 0.859. The Labute approximate surface area is 178 Å². The first-order valence-corrected chi connectivity index (χ1v) is 10.6. The number of hydrogen-bond acceptors (Lipinski definition) is 4. The molecule has 6 nitrogen and oxygen atoms in total. The summed E-state index contributed by atoms with van der Waals surface area (Å²) in [5, 5.41) is 6.48. The van der Waals surface area contributed by atoms with Gasteiger partial charge in [-0.3, -0.25) is 4.79 Å². The molecule has 2 heterocycles. The van der Waals surface area contributed by atoms with Crippen LogP contribution >= 0.6 is 0 Å². The number of benzene rings is 2. The summed E-state index contributed by atoms with van der Waals surface area (Å²) in [6.07, 6.45) is 1.03. The summed E-state index contributed by atoms with van der Waals surface area (Å²) in [5.41, 5.74) is 3.08. The Hall–Kier alpha value is -2.70. The summed E-state index contributed by atoms with van der Waals surface area (Å²) in [7, 11) is 1.66. The molecule has 1 saturated heterocycles. The van der Waals surface area contributed by atoms with Crippen molar-refractivity contribution in [3.8, 4) is 5.75 Å². The fourth-order valence-electron chi connectivity index (χ4n) is 4.46. The van der Waals surface area contributed by atoms with Gasteiger partial charge >= 0.3 is 0 Å². The van der Waals surface area contributed by atoms with E-state index in [9.17, 15) is 4.79 Å². The highest BCUT2D eigenvalue weighted by Gasteiger charge is 2.36. The molecule has 1 fully saturated rings. The number of hydrogen-bond donors (Lipinski definition) is 1. The minimum absolute atomic E-state index is 0.0537. The number of nitrogens with one attached hydrogen (secondary N) is 1. The van der Waals surface area contributed by atoms with Crippen molar-refractivity contribution in [1.82, 2.24) is 5.01 Å². The Bertz CT molecular complexity index is 888. The minimum atomic E-state index is -0.103. The fraction of sp³-hybridized carbons (Fsp3) is 0.417. The van der Waals surface area contributed by atoms with E-state index >= 15 is 0 Å². The Morgan fingerprint density at radius 1 is 1.10 bits per heavy atom. The second-order valence-electron chi connectivity index (χ2n) is 8.24. The summed E-state index contributed by atoms with van der Waals surface area (Å²) in [4.78, 5) is 14.6. The number of amides is 1. The van der Waals surface area contributed by atoms with Gasteiger partial charge in [-0.2, -0.15) is 5.10 Å². The predicted octanol–water partition coefficient (Wildman–Crippen LogP) is 2.06. The quantitative estimate of drug-likeness (QED) is 0.824. The van der Waals surface area contributed by atoms with Crippen LogP contribution in [0.4, 0.5) is 0 Å². The van der Waals surface area contributed by atoms with Crippen molar-refractivity contribution in [2.75, 3.05) is 26.7 Å². The number of carbonyl (C=O) groups is 1. The number of hydrazone groups is 1. The number of ether oxygens (including phenoxy) is 2. The molecule has 1 amide bonds. The average Bonchev–Trinajstić information content (AvgIpc) is 3.19. The van der Waals surface area contributed by atoms with Gasteiger partial charge in [0.25, 0.3) is 5.91 Å². The van der Waals surface area contributed by atoms with E-state index in [-0.39, 0.29) is 24.2 Å². The average molecular weight is 409 g/mol. The molecular weight excluding hydrogens is 378 g/mol. The smallest absolute Gasteiger partial charge is 0.298 e. The van der Waals surface area contributed by atoms with Gasteiger partial charge < -0.3 is 14.4 Å². The number of morpholine rings is 1. The van der Waals surface area contributed by atoms with Gasteiger partial charge in [-0.15, -0.1) is 0 Å². The number of quaternary nitrogens is 1. The van der Waals surface area contributed by atoms with E-state index in [1.165, 1.54) is 4.90 Å². The standard InChI is InChI=1S/C24H29N3O3/c1-17-14-26(15-18(2)30-17)16-24(28)27-23(20-9-11-21(29-3)12-10-20)13-22(25-27)19-7-5-4-6-8-19/h4-12,17-18,23H,13-16H2,1-3H3/p+1/t17-,18-,23-/m0/s1. The van der Waals surface area contributed by atoms with Crippen molar-refractivity contribution in [3.05, 3.63) is 65.7 Å². The summed E-state index contributed by atoms with van der Waals surface area (Å²) in [6, 6.07) is 17.9. The zero-order valence-corrected chi connectivity index (χ0v) is 17.9. The SMILES string of the molecule is COc1ccc([C@@H]2CC(c3ccccc3)=NN2C(=O)C[NH+]2C[C@H](C)O[C@@H](C)C2)cc1. The van der Waals surface area contributed by atoms with E-state index in [2.05, 4.69) is 26.0 Å². The van der Waals surface area contributed by atoms with Crippen LogP contribution in [0.5, 0.6) is 5.75 Å². The van der Waals surface area contributed by atoms with Gasteiger partial charge in [-0.25, -0.2) is 5.01 Å². The van der Waals surface area contributed by atoms with Crippen LogP contribution in [0.25, 0.3) is 0 Å². The lowest BCUT2D eigenvalue weighted by atomic mass is 9.98. The molecule has 0 aliphatic carbocycles. The van der Waals surface area contributed by atoms with Crippen LogP contribution in [0.3, 0.4) is 0 Å². The van der Waals surface area contributed by atoms with Crippen molar-refractivity contribution >= 4 is 11.6 Å². The third-order valence-electron chi connectivity index (χ3n) is 5.79. The van der Waals surface area contributed by atoms with Crippen LogP contribution in [0.1, 0.15) is 37.4 Å². The van der Waals surface area contributed by atoms with Crippen LogP contribution in [-0.4, -0.2) is 55.6 Å². The second kappa shape index (κ2) is 8.98. The topological polar surface area (TPSA) is 55.6 Å². The predicted molar refractivity (Wildman–Crippen MR) is 116 cm³/mol. The summed E-state index contributed by atoms with van der Waals surface area (Å²) < 4.78 is 11.1. The second-order valence-corrected chi connectivity index (χ2v) is 8.24. The molecule has 0 saturated carbocycles. The Balaban J connectivity index is 1.57. The van der Waals surface area contributed by atoms with Gasteiger partial charge in [-0.05, 0) is 37.1 Å². The van der Waals surface area contributed by atoms with E-state index in [4.69, 9.17) is 14.6 Å². The molecule has 0 spiro atoms. The highest BCUT2D eigenvalue weighted by molar-refractivity contribution is 6.03. The first-order chi connectivity index (χ1) is 14.5. The van der Waals surface area contributed by atoms with Crippen LogP contribution < -0.4 is 9.64 Å². The molecule has 2 aromatic rings.